The van der Waals surface area contributed by atoms with E-state index in [1.807, 2.05) is 0 Å². The van der Waals surface area contributed by atoms with E-state index in [0.29, 0.717) is 0 Å². The van der Waals surface area contributed by atoms with Gasteiger partial charge in [-0.05, 0) is 42.8 Å². The Hall–Kier alpha value is -1.54. The van der Waals surface area contributed by atoms with E-state index in [2.05, 4.69) is 62.1 Å². The van der Waals surface area contributed by atoms with Gasteiger partial charge >= 0.3 is 0 Å². The summed E-state index contributed by atoms with van der Waals surface area (Å²) in [4.78, 5) is 2.40. The van der Waals surface area contributed by atoms with Crippen LogP contribution in [-0.2, 0) is 6.42 Å². The highest BCUT2D eigenvalue weighted by Crippen LogP contribution is 2.29. The first kappa shape index (κ1) is 17.8. The van der Waals surface area contributed by atoms with Gasteiger partial charge in [-0.25, -0.2) is 0 Å². The van der Waals surface area contributed by atoms with Crippen LogP contribution in [0.4, 0.5) is 0 Å². The average Bonchev–Trinajstić information content (AvgIpc) is 2.60. The molecule has 0 saturated heterocycles. The summed E-state index contributed by atoms with van der Waals surface area (Å²) in [5.74, 6) is 1.08. The second-order valence-corrected chi connectivity index (χ2v) is 6.10. The molecule has 0 N–H and O–H groups in total. The molecule has 0 spiro atoms. The third kappa shape index (κ3) is 4.97. The fraction of sp³-hybridized carbons (Fsp3) is 0.524. The van der Waals surface area contributed by atoms with E-state index in [4.69, 9.17) is 4.74 Å². The van der Waals surface area contributed by atoms with E-state index in [1.54, 1.807) is 0 Å². The summed E-state index contributed by atoms with van der Waals surface area (Å²) >= 11 is 0. The van der Waals surface area contributed by atoms with E-state index >= 15 is 0 Å². The van der Waals surface area contributed by atoms with Gasteiger partial charge in [-0.15, -0.1) is 0 Å². The van der Waals surface area contributed by atoms with E-state index in [-0.39, 0.29) is 0 Å². The maximum absolute atomic E-state index is 6.17. The zero-order chi connectivity index (χ0) is 16.5. The minimum absolute atomic E-state index is 0.765. The fourth-order valence-electron chi connectivity index (χ4n) is 3.09. The number of fused-ring (bicyclic) bond motifs is 1. The number of hydrogen-bond donors (Lipinski definition) is 0. The van der Waals surface area contributed by atoms with Gasteiger partial charge in [0.25, 0.3) is 0 Å². The van der Waals surface area contributed by atoms with Crippen molar-refractivity contribution < 1.29 is 4.74 Å². The van der Waals surface area contributed by atoms with Crippen LogP contribution in [0.3, 0.4) is 0 Å². The highest BCUT2D eigenvalue weighted by molar-refractivity contribution is 5.87. The molecule has 0 fully saturated rings. The van der Waals surface area contributed by atoms with Crippen molar-refractivity contribution in [3.63, 3.8) is 0 Å². The Morgan fingerprint density at radius 2 is 1.70 bits per heavy atom. The monoisotopic (exact) mass is 313 g/mol. The Morgan fingerprint density at radius 3 is 2.43 bits per heavy atom. The third-order valence-corrected chi connectivity index (χ3v) is 4.59. The molecule has 0 aliphatic rings. The lowest BCUT2D eigenvalue weighted by atomic mass is 9.98. The summed E-state index contributed by atoms with van der Waals surface area (Å²) in [6.07, 6.45) is 4.87. The Kier molecular flexibility index (Phi) is 7.41. The quantitative estimate of drug-likeness (QED) is 0.552. The highest BCUT2D eigenvalue weighted by Gasteiger charge is 2.09. The van der Waals surface area contributed by atoms with E-state index < -0.39 is 0 Å². The summed E-state index contributed by atoms with van der Waals surface area (Å²) < 4.78 is 6.17. The average molecular weight is 313 g/mol. The molecule has 23 heavy (non-hydrogen) atoms. The van der Waals surface area contributed by atoms with Crippen LogP contribution < -0.4 is 4.74 Å². The Labute approximate surface area is 141 Å². The van der Waals surface area contributed by atoms with Crippen LogP contribution in [0.2, 0.25) is 0 Å². The van der Waals surface area contributed by atoms with Gasteiger partial charge < -0.3 is 9.64 Å². The van der Waals surface area contributed by atoms with E-state index in [0.717, 1.165) is 38.4 Å². The van der Waals surface area contributed by atoms with Crippen LogP contribution in [0.15, 0.2) is 36.4 Å². The minimum Gasteiger partial charge on any atom is -0.492 e. The number of ether oxygens (including phenoxy) is 1. The highest BCUT2D eigenvalue weighted by atomic mass is 16.5. The minimum atomic E-state index is 0.765. The van der Waals surface area contributed by atoms with Crippen LogP contribution in [0, 0.1) is 0 Å². The van der Waals surface area contributed by atoms with Crippen molar-refractivity contribution in [3.05, 3.63) is 42.0 Å². The predicted octanol–water partition coefficient (Wildman–Crippen LogP) is 5.29. The second-order valence-electron chi connectivity index (χ2n) is 6.10. The number of nitrogens with zero attached hydrogens (tertiary/aromatic N) is 1. The molecule has 0 amide bonds. The summed E-state index contributed by atoms with van der Waals surface area (Å²) in [5.41, 5.74) is 1.39. The molecule has 0 bridgehead atoms. The number of hydrogen-bond acceptors (Lipinski definition) is 2. The van der Waals surface area contributed by atoms with Crippen LogP contribution in [-0.4, -0.2) is 31.1 Å². The Morgan fingerprint density at radius 1 is 0.913 bits per heavy atom. The maximum atomic E-state index is 6.17. The van der Waals surface area contributed by atoms with Gasteiger partial charge in [0.05, 0.1) is 0 Å². The van der Waals surface area contributed by atoms with Crippen molar-refractivity contribution in [2.45, 2.75) is 46.5 Å². The smallest absolute Gasteiger partial charge is 0.123 e. The van der Waals surface area contributed by atoms with Gasteiger partial charge in [0.1, 0.15) is 12.4 Å². The normalized spacial score (nSPS) is 11.3. The zero-order valence-corrected chi connectivity index (χ0v) is 15.0. The standard InChI is InChI=1S/C21H31NO/c1-4-7-8-13-20-19-12-10-9-11-18(19)14-15-21(20)23-17-16-22(5-2)6-3/h9-12,14-15H,4-8,13,16-17H2,1-3H3. The maximum Gasteiger partial charge on any atom is 0.123 e. The topological polar surface area (TPSA) is 12.5 Å². The van der Waals surface area contributed by atoms with Gasteiger partial charge in [0, 0.05) is 12.1 Å². The van der Waals surface area contributed by atoms with Crippen LogP contribution in [0.1, 0.15) is 45.6 Å². The number of unbranched alkanes of at least 4 members (excludes halogenated alkanes) is 2. The molecule has 0 aliphatic carbocycles. The molecule has 0 unspecified atom stereocenters. The van der Waals surface area contributed by atoms with E-state index in [1.165, 1.54) is 35.6 Å². The first-order valence-electron chi connectivity index (χ1n) is 9.15. The molecule has 0 atom stereocenters. The molecule has 0 aliphatic heterocycles. The molecule has 0 aromatic heterocycles. The molecule has 0 saturated carbocycles. The molecule has 2 aromatic carbocycles. The number of benzene rings is 2. The van der Waals surface area contributed by atoms with Crippen molar-refractivity contribution in [2.24, 2.45) is 0 Å². The van der Waals surface area contributed by atoms with Crippen molar-refractivity contribution in [2.75, 3.05) is 26.2 Å². The second kappa shape index (κ2) is 9.57. The molecule has 0 heterocycles. The summed E-state index contributed by atoms with van der Waals surface area (Å²) in [6, 6.07) is 13.0. The Bertz CT molecular complexity index is 589. The lowest BCUT2D eigenvalue weighted by molar-refractivity contribution is 0.222. The van der Waals surface area contributed by atoms with Gasteiger partial charge in [0.15, 0.2) is 0 Å². The predicted molar refractivity (Wildman–Crippen MR) is 100 cm³/mol. The molecule has 2 nitrogen and oxygen atoms in total. The van der Waals surface area contributed by atoms with Crippen molar-refractivity contribution in [1.82, 2.24) is 4.90 Å². The lowest BCUT2D eigenvalue weighted by Crippen LogP contribution is -2.28. The van der Waals surface area contributed by atoms with Gasteiger partial charge in [-0.3, -0.25) is 0 Å². The Balaban J connectivity index is 2.15. The molecule has 0 radical (unpaired) electrons. The zero-order valence-electron chi connectivity index (χ0n) is 15.0. The third-order valence-electron chi connectivity index (χ3n) is 4.59. The van der Waals surface area contributed by atoms with Crippen molar-refractivity contribution >= 4 is 10.8 Å². The fourth-order valence-corrected chi connectivity index (χ4v) is 3.09. The molecule has 2 heteroatoms. The summed E-state index contributed by atoms with van der Waals surface area (Å²) in [7, 11) is 0. The van der Waals surface area contributed by atoms with Crippen LogP contribution in [0.25, 0.3) is 10.8 Å². The number of likely N-dealkylation sites (N-methyl/N-ethyl adjacent to an activating group) is 1. The molecule has 2 rings (SSSR count). The van der Waals surface area contributed by atoms with Crippen molar-refractivity contribution in [1.29, 1.82) is 0 Å². The van der Waals surface area contributed by atoms with Crippen LogP contribution in [0.5, 0.6) is 5.75 Å². The van der Waals surface area contributed by atoms with Gasteiger partial charge in [-0.2, -0.15) is 0 Å². The summed E-state index contributed by atoms with van der Waals surface area (Å²) in [6.45, 7) is 10.6. The molecule has 2 aromatic rings. The number of rotatable bonds is 10. The molecular formula is C21H31NO. The van der Waals surface area contributed by atoms with E-state index in [9.17, 15) is 0 Å². The first-order chi connectivity index (χ1) is 11.3. The van der Waals surface area contributed by atoms with Gasteiger partial charge in [-0.1, -0.05) is 63.9 Å². The van der Waals surface area contributed by atoms with Gasteiger partial charge in [0.2, 0.25) is 0 Å². The molecular weight excluding hydrogens is 282 g/mol. The van der Waals surface area contributed by atoms with Crippen molar-refractivity contribution in [3.8, 4) is 5.75 Å². The molecule has 126 valence electrons. The summed E-state index contributed by atoms with van der Waals surface area (Å²) in [5, 5.41) is 2.67. The first-order valence-corrected chi connectivity index (χ1v) is 9.15. The van der Waals surface area contributed by atoms with Crippen LogP contribution >= 0.6 is 0 Å². The number of aryl methyl sites for hydroxylation is 1. The SMILES string of the molecule is CCCCCc1c(OCCN(CC)CC)ccc2ccccc12. The largest absolute Gasteiger partial charge is 0.492 e. The lowest BCUT2D eigenvalue weighted by Gasteiger charge is -2.19.